The van der Waals surface area contributed by atoms with Gasteiger partial charge in [-0.2, -0.15) is 0 Å². The highest BCUT2D eigenvalue weighted by molar-refractivity contribution is 5.81. The first-order valence-electron chi connectivity index (χ1n) is 39.2. The van der Waals surface area contributed by atoms with Gasteiger partial charge in [0, 0.05) is 219 Å². The second-order valence-corrected chi connectivity index (χ2v) is 30.8. The van der Waals surface area contributed by atoms with Crippen molar-refractivity contribution < 1.29 is 17.6 Å². The van der Waals surface area contributed by atoms with E-state index < -0.39 is 11.6 Å². The van der Waals surface area contributed by atoms with Crippen LogP contribution in [-0.2, 0) is 6.42 Å². The maximum atomic E-state index is 14.4. The van der Waals surface area contributed by atoms with Gasteiger partial charge in [-0.1, -0.05) is 19.1 Å². The molecule has 590 valence electrons. The molecule has 21 rings (SSSR count). The standard InChI is InChI=1S/C23H23N5O2.C22H23N5O2.C21H21FN6O.C20H19FN6O/c1-14-24-19-5-3-15(7-21(19)30-14)20-8-23(29)28-13-18(4-6-22(28)25-20)27-11-16-9-26(2)10-17(16)12-27;1-3-21-25-17-6-4-15(10-19(17)29-21)18-11-22(28)27-13-16(5-7-20(27)24-18)26-9-8-23-14(2)12-26;1-14-11-27-12-15(9-17(22)21(27)23-14)18-10-20(29)28-13-16(3-4-19(28)24-18)26-7-5-25(2)6-8-26;1-13-10-26-11-15(8-16(21)20(26)23-13)14-2-3-17-24-18(9-19(28)27(17)12-14)25-6-4-22-5-7-25/h3-8,13,16-17H,9-12H2,1-2H3;4-7,10-11,13-14,23H,3,8-9,12H2,1-2H3;3-4,9-13H,5-8H2,1-2H3;2-3,8-12,22H,4-7H2,1H3/t16-,17+;14-;;/m.0../s1. The van der Waals surface area contributed by atoms with Gasteiger partial charge >= 0.3 is 0 Å². The van der Waals surface area contributed by atoms with Crippen LogP contribution in [0.2, 0.25) is 0 Å². The lowest BCUT2D eigenvalue weighted by Crippen LogP contribution is -2.49. The van der Waals surface area contributed by atoms with Crippen LogP contribution in [0.4, 0.5) is 31.7 Å². The molecule has 16 aromatic rings. The number of piperazine rings is 3. The third-order valence-corrected chi connectivity index (χ3v) is 22.4. The molecule has 19 heterocycles. The Labute approximate surface area is 662 Å². The molecule has 0 saturated carbocycles. The lowest BCUT2D eigenvalue weighted by molar-refractivity contribution is 0.313. The first kappa shape index (κ1) is 74.5. The van der Waals surface area contributed by atoms with Gasteiger partial charge in [0.25, 0.3) is 22.2 Å². The molecule has 0 bridgehead atoms. The van der Waals surface area contributed by atoms with Crippen molar-refractivity contribution in [1.29, 1.82) is 0 Å². The summed E-state index contributed by atoms with van der Waals surface area (Å²) in [4.78, 5) is 101. The second-order valence-electron chi connectivity index (χ2n) is 30.8. The summed E-state index contributed by atoms with van der Waals surface area (Å²) in [7, 11) is 4.31. The summed E-state index contributed by atoms with van der Waals surface area (Å²) in [6, 6.07) is 36.3. The van der Waals surface area contributed by atoms with Gasteiger partial charge in [-0.3, -0.25) is 36.8 Å². The van der Waals surface area contributed by atoms with Crippen molar-refractivity contribution in [3.63, 3.8) is 0 Å². The summed E-state index contributed by atoms with van der Waals surface area (Å²) in [6.07, 6.45) is 15.2. The van der Waals surface area contributed by atoms with Crippen molar-refractivity contribution in [2.75, 3.05) is 132 Å². The number of hydrogen-bond acceptors (Lipinski definition) is 22. The van der Waals surface area contributed by atoms with Gasteiger partial charge in [-0.15, -0.1) is 0 Å². The number of imidazole rings is 2. The molecule has 0 unspecified atom stereocenters. The highest BCUT2D eigenvalue weighted by atomic mass is 19.1. The summed E-state index contributed by atoms with van der Waals surface area (Å²) >= 11 is 0. The van der Waals surface area contributed by atoms with E-state index in [-0.39, 0.29) is 27.9 Å². The molecule has 0 radical (unpaired) electrons. The molecule has 116 heavy (non-hydrogen) atoms. The molecule has 14 aromatic heterocycles. The van der Waals surface area contributed by atoms with Crippen molar-refractivity contribution in [1.82, 2.24) is 86.7 Å². The number of oxazole rings is 2. The first-order chi connectivity index (χ1) is 56.2. The van der Waals surface area contributed by atoms with Gasteiger partial charge in [0.15, 0.2) is 45.9 Å². The van der Waals surface area contributed by atoms with Crippen LogP contribution in [0.3, 0.4) is 0 Å². The molecular formula is C86H86F2N22O6. The van der Waals surface area contributed by atoms with Gasteiger partial charge in [-0.05, 0) is 132 Å². The fourth-order valence-electron chi connectivity index (χ4n) is 16.4. The summed E-state index contributed by atoms with van der Waals surface area (Å²) in [5, 5.41) is 6.73. The van der Waals surface area contributed by atoms with Crippen LogP contribution in [-0.4, -0.2) is 194 Å². The first-order valence-corrected chi connectivity index (χ1v) is 39.2. The van der Waals surface area contributed by atoms with E-state index in [2.05, 4.69) is 97.0 Å². The van der Waals surface area contributed by atoms with Crippen LogP contribution in [0.5, 0.6) is 0 Å². The number of nitrogens with one attached hydrogen (secondary N) is 2. The number of nitrogens with zero attached hydrogens (tertiary/aromatic N) is 20. The summed E-state index contributed by atoms with van der Waals surface area (Å²) in [6.45, 7) is 24.1. The number of likely N-dealkylation sites (tertiary alicyclic amines) is 1. The molecule has 2 N–H and O–H groups in total. The third kappa shape index (κ3) is 15.1. The van der Waals surface area contributed by atoms with Crippen LogP contribution in [0, 0.1) is 44.2 Å². The monoisotopic (exact) mass is 1560 g/mol. The normalized spacial score (nSPS) is 17.4. The Morgan fingerprint density at radius 1 is 0.414 bits per heavy atom. The average molecular weight is 1560 g/mol. The zero-order chi connectivity index (χ0) is 79.7. The van der Waals surface area contributed by atoms with Gasteiger partial charge in [0.1, 0.15) is 39.4 Å². The Morgan fingerprint density at radius 2 is 0.897 bits per heavy atom. The van der Waals surface area contributed by atoms with Gasteiger partial charge in [0.05, 0.1) is 45.5 Å². The molecule has 5 aliphatic heterocycles. The van der Waals surface area contributed by atoms with E-state index in [1.807, 2.05) is 125 Å². The van der Waals surface area contributed by atoms with Crippen molar-refractivity contribution in [3.8, 4) is 44.9 Å². The van der Waals surface area contributed by atoms with Crippen molar-refractivity contribution >= 4 is 79.0 Å². The maximum Gasteiger partial charge on any atom is 0.259 e. The van der Waals surface area contributed by atoms with E-state index in [9.17, 15) is 28.0 Å². The molecule has 5 saturated heterocycles. The number of aryl methyl sites for hydroxylation is 4. The Balaban J connectivity index is 0.000000107. The lowest BCUT2D eigenvalue weighted by atomic mass is 10.0. The molecular weight excluding hydrogens is 1480 g/mol. The minimum absolute atomic E-state index is 0.0789. The highest BCUT2D eigenvalue weighted by Crippen LogP contribution is 2.35. The number of likely N-dealkylation sites (N-methyl/N-ethyl adjacent to an activating group) is 1. The molecule has 3 atom stereocenters. The smallest absolute Gasteiger partial charge is 0.259 e. The number of fused-ring (bicyclic) bond motifs is 9. The molecule has 5 fully saturated rings. The van der Waals surface area contributed by atoms with Gasteiger partial charge < -0.3 is 57.7 Å². The van der Waals surface area contributed by atoms with Crippen LogP contribution in [0.15, 0.2) is 199 Å². The van der Waals surface area contributed by atoms with E-state index in [4.69, 9.17) is 18.8 Å². The molecule has 5 aliphatic rings. The number of rotatable bonds is 9. The minimum atomic E-state index is -0.442. The van der Waals surface area contributed by atoms with E-state index in [0.29, 0.717) is 91.3 Å². The summed E-state index contributed by atoms with van der Waals surface area (Å²) in [5.74, 6) is 2.63. The van der Waals surface area contributed by atoms with Crippen molar-refractivity contribution in [3.05, 3.63) is 247 Å². The van der Waals surface area contributed by atoms with Crippen LogP contribution < -0.4 is 52.5 Å². The van der Waals surface area contributed by atoms with Gasteiger partial charge in [-0.25, -0.2) is 48.7 Å². The lowest BCUT2D eigenvalue weighted by Gasteiger charge is -2.34. The van der Waals surface area contributed by atoms with Crippen molar-refractivity contribution in [2.45, 2.75) is 47.1 Å². The molecule has 0 amide bonds. The zero-order valence-electron chi connectivity index (χ0n) is 65.4. The topological polar surface area (TPSA) is 268 Å². The number of hydrogen-bond donors (Lipinski definition) is 2. The van der Waals surface area contributed by atoms with Crippen molar-refractivity contribution in [2.24, 2.45) is 11.8 Å². The van der Waals surface area contributed by atoms with E-state index in [1.54, 1.807) is 71.1 Å². The van der Waals surface area contributed by atoms with Crippen LogP contribution in [0.1, 0.15) is 37.0 Å². The number of benzene rings is 2. The van der Waals surface area contributed by atoms with Crippen LogP contribution in [0.25, 0.3) is 101 Å². The molecule has 0 aliphatic carbocycles. The second kappa shape index (κ2) is 30.8. The number of anilines is 4. The molecule has 30 heteroatoms. The third-order valence-electron chi connectivity index (χ3n) is 22.4. The number of aromatic nitrogens is 14. The Morgan fingerprint density at radius 3 is 1.47 bits per heavy atom. The molecule has 2 aromatic carbocycles. The zero-order valence-corrected chi connectivity index (χ0v) is 65.4. The largest absolute Gasteiger partial charge is 0.441 e. The highest BCUT2D eigenvalue weighted by Gasteiger charge is 2.39. The SMILES string of the molecule is CCc1nc2ccc(-c3cc(=O)n4cc(N5CCN[C@@H](C)C5)ccc4n3)cc2o1.Cc1cn2cc(-c3cc(=O)n4cc(N5CCN(C)CC5)ccc4n3)cc(F)c2n1.Cc1cn2cc(-c3ccc4nc(N5CCNCC5)cc(=O)n4c3)cc(F)c2n1.Cc1nc2ccc(-c3cc(=O)n4cc(N5C[C@H]6CN(C)C[C@H]6C5)ccc4n3)cc2o1. The Kier molecular flexibility index (Phi) is 19.8. The molecule has 0 spiro atoms. The van der Waals surface area contributed by atoms with E-state index >= 15 is 0 Å². The minimum Gasteiger partial charge on any atom is -0.441 e. The fraction of sp³-hybridized carbons (Fsp3) is 0.302. The van der Waals surface area contributed by atoms with Gasteiger partial charge in [0.2, 0.25) is 0 Å². The predicted molar refractivity (Wildman–Crippen MR) is 445 cm³/mol. The molecule has 28 nitrogen and oxygen atoms in total. The Bertz CT molecular complexity index is 6740. The maximum absolute atomic E-state index is 14.4. The predicted octanol–water partition coefficient (Wildman–Crippen LogP) is 9.75. The fourth-order valence-corrected chi connectivity index (χ4v) is 16.4. The quantitative estimate of drug-likeness (QED) is 0.136. The average Bonchev–Trinajstić information content (AvgIpc) is 1.47. The van der Waals surface area contributed by atoms with Crippen LogP contribution >= 0.6 is 0 Å². The number of pyridine rings is 6. The summed E-state index contributed by atoms with van der Waals surface area (Å²) in [5.41, 5.74) is 15.4. The Hall–Kier alpha value is -12.9. The number of halogens is 2. The van der Waals surface area contributed by atoms with E-state index in [1.165, 1.54) is 22.6 Å². The van der Waals surface area contributed by atoms with E-state index in [0.717, 1.165) is 173 Å². The summed E-state index contributed by atoms with van der Waals surface area (Å²) < 4.78 is 49.9.